The Labute approximate surface area is 173 Å². The van der Waals surface area contributed by atoms with Crippen LogP contribution in [0.1, 0.15) is 29.6 Å². The largest absolute Gasteiger partial charge is 0.495 e. The minimum absolute atomic E-state index is 0.0209. The first-order valence-electron chi connectivity index (χ1n) is 9.63. The zero-order valence-electron chi connectivity index (χ0n) is 16.6. The lowest BCUT2D eigenvalue weighted by Gasteiger charge is -2.28. The van der Waals surface area contributed by atoms with Gasteiger partial charge in [-0.2, -0.15) is 0 Å². The minimum Gasteiger partial charge on any atom is -0.495 e. The van der Waals surface area contributed by atoms with E-state index in [2.05, 4.69) is 5.32 Å². The molecule has 0 bridgehead atoms. The van der Waals surface area contributed by atoms with Gasteiger partial charge in [-0.1, -0.05) is 12.1 Å². The average Bonchev–Trinajstić information content (AvgIpc) is 2.78. The number of nitro groups is 1. The summed E-state index contributed by atoms with van der Waals surface area (Å²) in [6, 6.07) is 11.1. The number of esters is 1. The van der Waals surface area contributed by atoms with Crippen LogP contribution < -0.4 is 15.0 Å². The van der Waals surface area contributed by atoms with Gasteiger partial charge in [-0.05, 0) is 43.5 Å². The van der Waals surface area contributed by atoms with Gasteiger partial charge in [0, 0.05) is 19.2 Å². The first-order valence-corrected chi connectivity index (χ1v) is 9.63. The number of carbonyl (C=O) groups excluding carboxylic acids is 2. The lowest BCUT2D eigenvalue weighted by molar-refractivity contribution is -0.384. The summed E-state index contributed by atoms with van der Waals surface area (Å²) in [7, 11) is 1.48. The van der Waals surface area contributed by atoms with Gasteiger partial charge in [0.15, 0.2) is 6.61 Å². The first-order chi connectivity index (χ1) is 14.5. The Morgan fingerprint density at radius 3 is 2.57 bits per heavy atom. The van der Waals surface area contributed by atoms with Crippen molar-refractivity contribution < 1.29 is 24.0 Å². The molecule has 1 saturated heterocycles. The summed E-state index contributed by atoms with van der Waals surface area (Å²) in [4.78, 5) is 37.4. The van der Waals surface area contributed by atoms with Crippen LogP contribution in [0.3, 0.4) is 0 Å². The van der Waals surface area contributed by atoms with Crippen LogP contribution in [0, 0.1) is 10.1 Å². The number of nitrogens with one attached hydrogen (secondary N) is 1. The molecular weight excluding hydrogens is 390 g/mol. The smallest absolute Gasteiger partial charge is 0.338 e. The van der Waals surface area contributed by atoms with Crippen molar-refractivity contribution >= 4 is 28.9 Å². The third-order valence-corrected chi connectivity index (χ3v) is 4.82. The fourth-order valence-electron chi connectivity index (χ4n) is 3.35. The van der Waals surface area contributed by atoms with Crippen LogP contribution in [0.2, 0.25) is 0 Å². The van der Waals surface area contributed by atoms with E-state index in [-0.39, 0.29) is 11.3 Å². The number of amides is 1. The number of benzene rings is 2. The third kappa shape index (κ3) is 5.05. The number of rotatable bonds is 7. The zero-order chi connectivity index (χ0) is 21.5. The van der Waals surface area contributed by atoms with Gasteiger partial charge < -0.3 is 19.7 Å². The molecular formula is C21H23N3O6. The maximum absolute atomic E-state index is 12.3. The molecule has 1 aliphatic heterocycles. The Morgan fingerprint density at radius 2 is 1.87 bits per heavy atom. The van der Waals surface area contributed by atoms with Crippen molar-refractivity contribution in [3.8, 4) is 5.75 Å². The lowest BCUT2D eigenvalue weighted by Crippen LogP contribution is -2.30. The fraction of sp³-hybridized carbons (Fsp3) is 0.333. The SMILES string of the molecule is COc1ccccc1NC(=O)COC(=O)c1ccc(N2CCCCC2)c([N+](=O)[O-])c1. The molecule has 3 rings (SSSR count). The standard InChI is InChI=1S/C21H23N3O6/c1-29-19-8-4-3-7-16(19)22-20(25)14-30-21(26)15-9-10-17(18(13-15)24(27)28)23-11-5-2-6-12-23/h3-4,7-10,13H,2,5-6,11-12,14H2,1H3,(H,22,25). The van der Waals surface area contributed by atoms with E-state index in [1.54, 1.807) is 30.3 Å². The van der Waals surface area contributed by atoms with Gasteiger partial charge in [0.1, 0.15) is 11.4 Å². The van der Waals surface area contributed by atoms with E-state index in [4.69, 9.17) is 9.47 Å². The number of nitro benzene ring substituents is 1. The van der Waals surface area contributed by atoms with Crippen molar-refractivity contribution in [3.63, 3.8) is 0 Å². The molecule has 30 heavy (non-hydrogen) atoms. The highest BCUT2D eigenvalue weighted by Gasteiger charge is 2.24. The normalized spacial score (nSPS) is 13.4. The monoisotopic (exact) mass is 413 g/mol. The van der Waals surface area contributed by atoms with E-state index in [9.17, 15) is 19.7 Å². The van der Waals surface area contributed by atoms with Crippen LogP contribution in [0.5, 0.6) is 5.75 Å². The molecule has 0 radical (unpaired) electrons. The van der Waals surface area contributed by atoms with E-state index < -0.39 is 23.4 Å². The first kappa shape index (κ1) is 21.1. The summed E-state index contributed by atoms with van der Waals surface area (Å²) in [6.07, 6.45) is 3.05. The highest BCUT2D eigenvalue weighted by atomic mass is 16.6. The van der Waals surface area contributed by atoms with Crippen molar-refractivity contribution in [2.45, 2.75) is 19.3 Å². The van der Waals surface area contributed by atoms with E-state index in [0.29, 0.717) is 17.1 Å². The predicted octanol–water partition coefficient (Wildman–Crippen LogP) is 3.39. The Hall–Kier alpha value is -3.62. The van der Waals surface area contributed by atoms with Crippen molar-refractivity contribution in [2.75, 3.05) is 37.0 Å². The Morgan fingerprint density at radius 1 is 1.13 bits per heavy atom. The Balaban J connectivity index is 1.65. The number of anilines is 2. The molecule has 158 valence electrons. The lowest BCUT2D eigenvalue weighted by atomic mass is 10.1. The number of methoxy groups -OCH3 is 1. The van der Waals surface area contributed by atoms with Gasteiger partial charge in [-0.15, -0.1) is 0 Å². The Kier molecular flexibility index (Phi) is 6.84. The molecule has 9 nitrogen and oxygen atoms in total. The second-order valence-corrected chi connectivity index (χ2v) is 6.83. The molecule has 0 atom stereocenters. The van der Waals surface area contributed by atoms with E-state index in [1.807, 2.05) is 4.90 Å². The average molecular weight is 413 g/mol. The van der Waals surface area contributed by atoms with Crippen molar-refractivity contribution in [3.05, 3.63) is 58.1 Å². The highest BCUT2D eigenvalue weighted by molar-refractivity contribution is 5.97. The second-order valence-electron chi connectivity index (χ2n) is 6.83. The van der Waals surface area contributed by atoms with Crippen LogP contribution in [0.4, 0.5) is 17.1 Å². The summed E-state index contributed by atoms with van der Waals surface area (Å²) in [5, 5.41) is 14.1. The van der Waals surface area contributed by atoms with Crippen LogP contribution >= 0.6 is 0 Å². The van der Waals surface area contributed by atoms with Crippen LogP contribution in [0.25, 0.3) is 0 Å². The molecule has 0 aliphatic carbocycles. The highest BCUT2D eigenvalue weighted by Crippen LogP contribution is 2.31. The van der Waals surface area contributed by atoms with E-state index >= 15 is 0 Å². The number of hydrogen-bond acceptors (Lipinski definition) is 7. The van der Waals surface area contributed by atoms with Crippen molar-refractivity contribution in [2.24, 2.45) is 0 Å². The van der Waals surface area contributed by atoms with Crippen LogP contribution in [-0.4, -0.2) is 43.6 Å². The second kappa shape index (κ2) is 9.73. The number of carbonyl (C=O) groups is 2. The fourth-order valence-corrected chi connectivity index (χ4v) is 3.35. The molecule has 1 aliphatic rings. The van der Waals surface area contributed by atoms with Gasteiger partial charge in [0.25, 0.3) is 11.6 Å². The maximum atomic E-state index is 12.3. The molecule has 0 spiro atoms. The molecule has 0 unspecified atom stereocenters. The molecule has 1 heterocycles. The predicted molar refractivity (Wildman–Crippen MR) is 111 cm³/mol. The summed E-state index contributed by atoms with van der Waals surface area (Å²) < 4.78 is 10.2. The minimum atomic E-state index is -0.807. The number of para-hydroxylation sites is 2. The molecule has 9 heteroatoms. The maximum Gasteiger partial charge on any atom is 0.338 e. The molecule has 0 aromatic heterocycles. The van der Waals surface area contributed by atoms with Gasteiger partial charge in [0.05, 0.1) is 23.3 Å². The van der Waals surface area contributed by atoms with Gasteiger partial charge in [-0.25, -0.2) is 4.79 Å². The van der Waals surface area contributed by atoms with Gasteiger partial charge in [-0.3, -0.25) is 14.9 Å². The van der Waals surface area contributed by atoms with E-state index in [1.165, 1.54) is 19.2 Å². The van der Waals surface area contributed by atoms with Crippen LogP contribution in [0.15, 0.2) is 42.5 Å². The summed E-state index contributed by atoms with van der Waals surface area (Å²) in [6.45, 7) is 0.958. The van der Waals surface area contributed by atoms with E-state index in [0.717, 1.165) is 32.4 Å². The summed E-state index contributed by atoms with van der Waals surface area (Å²) >= 11 is 0. The van der Waals surface area contributed by atoms with Crippen LogP contribution in [-0.2, 0) is 9.53 Å². The summed E-state index contributed by atoms with van der Waals surface area (Å²) in [5.41, 5.74) is 0.810. The molecule has 1 N–H and O–H groups in total. The zero-order valence-corrected chi connectivity index (χ0v) is 16.6. The molecule has 2 aromatic carbocycles. The van der Waals surface area contributed by atoms with Crippen molar-refractivity contribution in [1.82, 2.24) is 0 Å². The molecule has 1 amide bonds. The Bertz CT molecular complexity index is 940. The van der Waals surface area contributed by atoms with Crippen molar-refractivity contribution in [1.29, 1.82) is 0 Å². The number of piperidine rings is 1. The number of hydrogen-bond donors (Lipinski definition) is 1. The molecule has 1 fully saturated rings. The topological polar surface area (TPSA) is 111 Å². The number of nitrogens with zero attached hydrogens (tertiary/aromatic N) is 2. The van der Waals surface area contributed by atoms with Gasteiger partial charge in [0.2, 0.25) is 0 Å². The number of ether oxygens (including phenoxy) is 2. The summed E-state index contributed by atoms with van der Waals surface area (Å²) in [5.74, 6) is -0.883. The molecule has 2 aromatic rings. The quantitative estimate of drug-likeness (QED) is 0.421. The third-order valence-electron chi connectivity index (χ3n) is 4.82. The molecule has 0 saturated carbocycles. The van der Waals surface area contributed by atoms with Gasteiger partial charge >= 0.3 is 5.97 Å².